The Kier molecular flexibility index (Phi) is 5.31. The minimum atomic E-state index is -1.02. The number of hydrogen-bond acceptors (Lipinski definition) is 6. The first-order chi connectivity index (χ1) is 16.5. The van der Waals surface area contributed by atoms with Crippen LogP contribution in [0.15, 0.2) is 30.5 Å². The van der Waals surface area contributed by atoms with Crippen molar-refractivity contribution in [3.8, 4) is 0 Å². The average molecular weight is 463 g/mol. The number of amides is 1. The summed E-state index contributed by atoms with van der Waals surface area (Å²) in [5.41, 5.74) is 2.98. The molecule has 2 fully saturated rings. The van der Waals surface area contributed by atoms with Crippen molar-refractivity contribution in [2.24, 2.45) is 7.05 Å². The Morgan fingerprint density at radius 3 is 2.74 bits per heavy atom. The molecule has 0 spiro atoms. The molecule has 6 rings (SSSR count). The van der Waals surface area contributed by atoms with Gasteiger partial charge in [-0.2, -0.15) is 5.10 Å². The van der Waals surface area contributed by atoms with Crippen molar-refractivity contribution in [2.45, 2.75) is 44.4 Å². The number of piperidine rings is 1. The minimum Gasteiger partial charge on any atom is -0.423 e. The van der Waals surface area contributed by atoms with E-state index in [0.29, 0.717) is 35.4 Å². The molecule has 3 N–H and O–H groups in total. The van der Waals surface area contributed by atoms with Crippen LogP contribution in [-0.4, -0.2) is 53.0 Å². The largest absolute Gasteiger partial charge is 0.491 e. The van der Waals surface area contributed by atoms with E-state index < -0.39 is 18.8 Å². The summed E-state index contributed by atoms with van der Waals surface area (Å²) in [6.45, 7) is 1.99. The molecule has 1 saturated heterocycles. The number of aromatic nitrogens is 2. The van der Waals surface area contributed by atoms with Crippen LogP contribution < -0.4 is 21.0 Å². The van der Waals surface area contributed by atoms with Gasteiger partial charge >= 0.3 is 7.12 Å². The van der Waals surface area contributed by atoms with Crippen LogP contribution in [0.25, 0.3) is 10.9 Å². The van der Waals surface area contributed by atoms with Gasteiger partial charge in [0.15, 0.2) is 0 Å². The second-order valence-electron chi connectivity index (χ2n) is 9.55. The van der Waals surface area contributed by atoms with Gasteiger partial charge in [0.05, 0.1) is 12.3 Å². The maximum atomic E-state index is 15.4. The van der Waals surface area contributed by atoms with Crippen LogP contribution in [0.1, 0.15) is 41.6 Å². The Morgan fingerprint density at radius 1 is 1.21 bits per heavy atom. The zero-order valence-electron chi connectivity index (χ0n) is 19.1. The predicted octanol–water partition coefficient (Wildman–Crippen LogP) is 1.90. The third-order valence-corrected chi connectivity index (χ3v) is 7.02. The summed E-state index contributed by atoms with van der Waals surface area (Å²) in [5.74, 6) is -1.17. The van der Waals surface area contributed by atoms with E-state index in [1.807, 2.05) is 6.20 Å². The molecule has 2 aliphatic heterocycles. The molecule has 176 valence electrons. The summed E-state index contributed by atoms with van der Waals surface area (Å²) in [4.78, 5) is 15.4. The standard InChI is InChI=1S/C24H27BFN5O3/c1-30-12-18-21(31-8-6-16(7-9-31)27-15-4-5-15)11-20(26)22(23(18)29-30)24(32)28-17-3-2-14-13-34-25(33)19(14)10-17/h2-3,10-12,15-16,27,33H,4-9,13H2,1H3,(H,28,32). The lowest BCUT2D eigenvalue weighted by molar-refractivity contribution is 0.102. The second kappa shape index (κ2) is 8.37. The second-order valence-corrected chi connectivity index (χ2v) is 9.55. The van der Waals surface area contributed by atoms with Crippen molar-refractivity contribution >= 4 is 40.8 Å². The van der Waals surface area contributed by atoms with Crippen molar-refractivity contribution in [1.82, 2.24) is 15.1 Å². The summed E-state index contributed by atoms with van der Waals surface area (Å²) in [6, 6.07) is 7.83. The lowest BCUT2D eigenvalue weighted by Crippen LogP contribution is -2.43. The molecule has 1 saturated carbocycles. The van der Waals surface area contributed by atoms with E-state index in [4.69, 9.17) is 4.65 Å². The molecule has 3 aromatic rings. The first-order valence-electron chi connectivity index (χ1n) is 11.9. The smallest absolute Gasteiger partial charge is 0.423 e. The van der Waals surface area contributed by atoms with Gasteiger partial charge in [0, 0.05) is 49.5 Å². The van der Waals surface area contributed by atoms with E-state index >= 15 is 4.39 Å². The first-order valence-corrected chi connectivity index (χ1v) is 11.9. The zero-order valence-corrected chi connectivity index (χ0v) is 19.1. The number of nitrogens with one attached hydrogen (secondary N) is 2. The number of carbonyl (C=O) groups excluding carboxylic acids is 1. The lowest BCUT2D eigenvalue weighted by Gasteiger charge is -2.34. The van der Waals surface area contributed by atoms with Crippen LogP contribution in [0.4, 0.5) is 15.8 Å². The predicted molar refractivity (Wildman–Crippen MR) is 129 cm³/mol. The molecule has 3 heterocycles. The number of nitrogens with zero attached hydrogens (tertiary/aromatic N) is 3. The highest BCUT2D eigenvalue weighted by Gasteiger charge is 2.30. The number of benzene rings is 2. The van der Waals surface area contributed by atoms with Crippen molar-refractivity contribution in [2.75, 3.05) is 23.3 Å². The Labute approximate surface area is 197 Å². The molecule has 0 unspecified atom stereocenters. The van der Waals surface area contributed by atoms with Crippen molar-refractivity contribution in [3.05, 3.63) is 47.4 Å². The monoisotopic (exact) mass is 463 g/mol. The maximum Gasteiger partial charge on any atom is 0.491 e. The van der Waals surface area contributed by atoms with E-state index in [2.05, 4.69) is 20.6 Å². The van der Waals surface area contributed by atoms with Crippen LogP contribution in [0, 0.1) is 5.82 Å². The first kappa shape index (κ1) is 21.6. The number of hydrogen-bond donors (Lipinski definition) is 3. The molecule has 10 heteroatoms. The van der Waals surface area contributed by atoms with E-state index in [1.165, 1.54) is 18.9 Å². The zero-order chi connectivity index (χ0) is 23.4. The lowest BCUT2D eigenvalue weighted by atomic mass is 9.79. The third-order valence-electron chi connectivity index (χ3n) is 7.02. The van der Waals surface area contributed by atoms with Crippen LogP contribution >= 0.6 is 0 Å². The Hall–Kier alpha value is -2.95. The number of fused-ring (bicyclic) bond motifs is 2. The summed E-state index contributed by atoms with van der Waals surface area (Å²) in [5, 5.41) is 21.6. The summed E-state index contributed by atoms with van der Waals surface area (Å²) in [6.07, 6.45) is 6.40. The van der Waals surface area contributed by atoms with Crippen LogP contribution in [0.2, 0.25) is 0 Å². The number of aryl methyl sites for hydroxylation is 1. The molecule has 3 aliphatic rings. The van der Waals surface area contributed by atoms with Gasteiger partial charge in [0.1, 0.15) is 16.9 Å². The highest BCUT2D eigenvalue weighted by Crippen LogP contribution is 2.33. The summed E-state index contributed by atoms with van der Waals surface area (Å²) in [7, 11) is 0.755. The van der Waals surface area contributed by atoms with Crippen LogP contribution in [-0.2, 0) is 18.3 Å². The topological polar surface area (TPSA) is 91.7 Å². The normalized spacial score (nSPS) is 18.6. The Balaban J connectivity index is 1.27. The summed E-state index contributed by atoms with van der Waals surface area (Å²) >= 11 is 0. The van der Waals surface area contributed by atoms with Gasteiger partial charge in [-0.1, -0.05) is 6.07 Å². The number of carbonyl (C=O) groups is 1. The van der Waals surface area contributed by atoms with Crippen molar-refractivity contribution in [3.63, 3.8) is 0 Å². The third kappa shape index (κ3) is 3.95. The van der Waals surface area contributed by atoms with Crippen molar-refractivity contribution in [1.29, 1.82) is 0 Å². The quantitative estimate of drug-likeness (QED) is 0.501. The van der Waals surface area contributed by atoms with E-state index in [-0.39, 0.29) is 5.56 Å². The van der Waals surface area contributed by atoms with Gasteiger partial charge < -0.3 is 25.2 Å². The molecular formula is C24H27BFN5O3. The molecule has 0 radical (unpaired) electrons. The fourth-order valence-electron chi connectivity index (χ4n) is 5.08. The molecule has 1 aliphatic carbocycles. The van der Waals surface area contributed by atoms with Gasteiger partial charge in [0.2, 0.25) is 0 Å². The minimum absolute atomic E-state index is 0.0815. The molecule has 1 amide bonds. The van der Waals surface area contributed by atoms with Gasteiger partial charge in [0.25, 0.3) is 5.91 Å². The number of halogens is 1. The molecular weight excluding hydrogens is 436 g/mol. The van der Waals surface area contributed by atoms with Gasteiger partial charge in [-0.3, -0.25) is 9.48 Å². The van der Waals surface area contributed by atoms with E-state index in [9.17, 15) is 9.82 Å². The number of anilines is 2. The number of rotatable bonds is 5. The SMILES string of the molecule is Cn1cc2c(N3CCC(NC4CC4)CC3)cc(F)c(C(=O)Nc3ccc4c(c3)B(O)OC4)c2n1. The Bertz CT molecular complexity index is 1270. The average Bonchev–Trinajstić information content (AvgIpc) is 3.44. The molecule has 34 heavy (non-hydrogen) atoms. The van der Waals surface area contributed by atoms with E-state index in [0.717, 1.165) is 42.6 Å². The van der Waals surface area contributed by atoms with Crippen LogP contribution in [0.5, 0.6) is 0 Å². The van der Waals surface area contributed by atoms with Crippen molar-refractivity contribution < 1.29 is 18.9 Å². The fourth-order valence-corrected chi connectivity index (χ4v) is 5.08. The van der Waals surface area contributed by atoms with Gasteiger partial charge in [-0.25, -0.2) is 4.39 Å². The molecule has 8 nitrogen and oxygen atoms in total. The van der Waals surface area contributed by atoms with Gasteiger partial charge in [-0.05, 0) is 54.9 Å². The highest BCUT2D eigenvalue weighted by molar-refractivity contribution is 6.61. The van der Waals surface area contributed by atoms with Crippen LogP contribution in [0.3, 0.4) is 0 Å². The molecule has 2 aromatic carbocycles. The fraction of sp³-hybridized carbons (Fsp3) is 0.417. The molecule has 1 aromatic heterocycles. The maximum absolute atomic E-state index is 15.4. The molecule has 0 bridgehead atoms. The molecule has 0 atom stereocenters. The van der Waals surface area contributed by atoms with E-state index in [1.54, 1.807) is 29.9 Å². The highest BCUT2D eigenvalue weighted by atomic mass is 19.1. The Morgan fingerprint density at radius 2 is 1.97 bits per heavy atom. The van der Waals surface area contributed by atoms with Gasteiger partial charge in [-0.15, -0.1) is 0 Å². The summed E-state index contributed by atoms with van der Waals surface area (Å²) < 4.78 is 22.3.